The monoisotopic (exact) mass is 373 g/mol. The van der Waals surface area contributed by atoms with Crippen LogP contribution in [0.5, 0.6) is 0 Å². The van der Waals surface area contributed by atoms with Crippen LogP contribution in [0.15, 0.2) is 55.1 Å². The van der Waals surface area contributed by atoms with Gasteiger partial charge in [-0.15, -0.1) is 0 Å². The molecule has 1 aliphatic carbocycles. The van der Waals surface area contributed by atoms with Crippen LogP contribution < -0.4 is 0 Å². The Morgan fingerprint density at radius 2 is 2.00 bits per heavy atom. The number of pyridine rings is 1. The average molecular weight is 373 g/mol. The maximum absolute atomic E-state index is 11.1. The molecule has 1 atom stereocenters. The maximum Gasteiger partial charge on any atom is 0.155 e. The molecule has 1 aliphatic rings. The molecule has 0 saturated heterocycles. The Balaban J connectivity index is 1.53. The number of fused-ring (bicyclic) bond motifs is 1. The van der Waals surface area contributed by atoms with Crippen LogP contribution in [0.3, 0.4) is 0 Å². The van der Waals surface area contributed by atoms with Crippen molar-refractivity contribution in [3.8, 4) is 17.1 Å². The predicted octanol–water partition coefficient (Wildman–Crippen LogP) is 4.21. The van der Waals surface area contributed by atoms with Gasteiger partial charge in [0.1, 0.15) is 12.0 Å². The number of H-pyrrole nitrogens is 1. The standard InChI is InChI=1S/C22H23N5O/c1-22(28,17-6-2-3-7-17)18-11-16-9-10-27(21(16)23-13-18)19-8-4-5-15(12-19)20-24-14-25-26-20/h4-5,8-14,17,28H,2-3,6-7H2,1H3,(H,24,25,26). The summed E-state index contributed by atoms with van der Waals surface area (Å²) in [7, 11) is 0. The van der Waals surface area contributed by atoms with Crippen LogP contribution in [-0.4, -0.2) is 29.8 Å². The molecule has 0 aliphatic heterocycles. The number of hydrogen-bond donors (Lipinski definition) is 2. The van der Waals surface area contributed by atoms with Crippen LogP contribution in [0.25, 0.3) is 28.1 Å². The molecule has 5 rings (SSSR count). The van der Waals surface area contributed by atoms with Crippen molar-refractivity contribution in [1.82, 2.24) is 24.7 Å². The minimum absolute atomic E-state index is 0.312. The molecule has 1 fully saturated rings. The smallest absolute Gasteiger partial charge is 0.155 e. The van der Waals surface area contributed by atoms with Gasteiger partial charge in [0.2, 0.25) is 0 Å². The largest absolute Gasteiger partial charge is 0.385 e. The van der Waals surface area contributed by atoms with Crippen molar-refractivity contribution < 1.29 is 5.11 Å². The number of hydrogen-bond acceptors (Lipinski definition) is 4. The zero-order chi connectivity index (χ0) is 19.1. The Labute approximate surface area is 163 Å². The number of aliphatic hydroxyl groups is 1. The highest BCUT2D eigenvalue weighted by Crippen LogP contribution is 2.40. The molecular weight excluding hydrogens is 350 g/mol. The van der Waals surface area contributed by atoms with E-state index in [0.717, 1.165) is 46.5 Å². The van der Waals surface area contributed by atoms with Crippen molar-refractivity contribution in [2.75, 3.05) is 0 Å². The molecule has 0 amide bonds. The first kappa shape index (κ1) is 17.1. The van der Waals surface area contributed by atoms with E-state index in [9.17, 15) is 5.11 Å². The van der Waals surface area contributed by atoms with E-state index in [0.29, 0.717) is 5.92 Å². The van der Waals surface area contributed by atoms with E-state index in [1.54, 1.807) is 0 Å². The van der Waals surface area contributed by atoms with Crippen molar-refractivity contribution in [1.29, 1.82) is 0 Å². The summed E-state index contributed by atoms with van der Waals surface area (Å²) in [5, 5.41) is 19.0. The molecule has 0 radical (unpaired) electrons. The molecule has 0 bridgehead atoms. The van der Waals surface area contributed by atoms with Gasteiger partial charge < -0.3 is 9.67 Å². The number of aromatic nitrogens is 5. The average Bonchev–Trinajstić information content (AvgIpc) is 3.49. The van der Waals surface area contributed by atoms with E-state index in [4.69, 9.17) is 4.98 Å². The predicted molar refractivity (Wildman–Crippen MR) is 108 cm³/mol. The zero-order valence-electron chi connectivity index (χ0n) is 15.8. The van der Waals surface area contributed by atoms with Gasteiger partial charge in [0.05, 0.1) is 5.60 Å². The van der Waals surface area contributed by atoms with Crippen LogP contribution in [0.2, 0.25) is 0 Å². The number of benzene rings is 1. The topological polar surface area (TPSA) is 79.6 Å². The molecule has 6 nitrogen and oxygen atoms in total. The quantitative estimate of drug-likeness (QED) is 0.562. The number of aromatic amines is 1. The summed E-state index contributed by atoms with van der Waals surface area (Å²) in [6.45, 7) is 1.93. The van der Waals surface area contributed by atoms with Gasteiger partial charge >= 0.3 is 0 Å². The van der Waals surface area contributed by atoms with Crippen molar-refractivity contribution in [2.24, 2.45) is 5.92 Å². The second-order valence-corrected chi connectivity index (χ2v) is 7.84. The Kier molecular flexibility index (Phi) is 4.02. The van der Waals surface area contributed by atoms with Gasteiger partial charge in [0, 0.05) is 34.6 Å². The minimum atomic E-state index is -0.827. The summed E-state index contributed by atoms with van der Waals surface area (Å²) in [6, 6.07) is 12.2. The first-order chi connectivity index (χ1) is 13.6. The van der Waals surface area contributed by atoms with Gasteiger partial charge in [-0.1, -0.05) is 25.0 Å². The lowest BCUT2D eigenvalue weighted by molar-refractivity contribution is -0.00348. The van der Waals surface area contributed by atoms with Gasteiger partial charge in [-0.05, 0) is 49.9 Å². The van der Waals surface area contributed by atoms with Crippen LogP contribution in [0, 0.1) is 5.92 Å². The van der Waals surface area contributed by atoms with E-state index in [2.05, 4.69) is 37.9 Å². The van der Waals surface area contributed by atoms with E-state index in [1.165, 1.54) is 19.2 Å². The molecule has 1 saturated carbocycles. The fourth-order valence-electron chi connectivity index (χ4n) is 4.38. The zero-order valence-corrected chi connectivity index (χ0v) is 15.8. The minimum Gasteiger partial charge on any atom is -0.385 e. The first-order valence-corrected chi connectivity index (χ1v) is 9.79. The number of nitrogens with zero attached hydrogens (tertiary/aromatic N) is 4. The van der Waals surface area contributed by atoms with Crippen molar-refractivity contribution >= 4 is 11.0 Å². The molecule has 6 heteroatoms. The lowest BCUT2D eigenvalue weighted by Crippen LogP contribution is -2.30. The fraction of sp³-hybridized carbons (Fsp3) is 0.318. The normalized spacial score (nSPS) is 17.2. The van der Waals surface area contributed by atoms with E-state index >= 15 is 0 Å². The lowest BCUT2D eigenvalue weighted by atomic mass is 9.82. The summed E-state index contributed by atoms with van der Waals surface area (Å²) in [5.41, 5.74) is 2.93. The van der Waals surface area contributed by atoms with E-state index in [-0.39, 0.29) is 0 Å². The molecule has 1 aromatic carbocycles. The Bertz CT molecular complexity index is 1110. The highest BCUT2D eigenvalue weighted by Gasteiger charge is 2.36. The third kappa shape index (κ3) is 2.81. The maximum atomic E-state index is 11.1. The molecular formula is C22H23N5O. The van der Waals surface area contributed by atoms with Gasteiger partial charge in [0.15, 0.2) is 5.82 Å². The summed E-state index contributed by atoms with van der Waals surface area (Å²) in [6.07, 6.45) is 9.93. The summed E-state index contributed by atoms with van der Waals surface area (Å²) >= 11 is 0. The first-order valence-electron chi connectivity index (χ1n) is 9.79. The van der Waals surface area contributed by atoms with Crippen LogP contribution in [0.1, 0.15) is 38.2 Å². The van der Waals surface area contributed by atoms with Crippen LogP contribution >= 0.6 is 0 Å². The summed E-state index contributed by atoms with van der Waals surface area (Å²) in [4.78, 5) is 8.94. The fourth-order valence-corrected chi connectivity index (χ4v) is 4.38. The number of rotatable bonds is 4. The van der Waals surface area contributed by atoms with Crippen LogP contribution in [-0.2, 0) is 5.60 Å². The molecule has 1 unspecified atom stereocenters. The molecule has 28 heavy (non-hydrogen) atoms. The van der Waals surface area contributed by atoms with Crippen molar-refractivity contribution in [3.63, 3.8) is 0 Å². The molecule has 4 aromatic rings. The van der Waals surface area contributed by atoms with Gasteiger partial charge in [-0.3, -0.25) is 5.10 Å². The van der Waals surface area contributed by atoms with Gasteiger partial charge in [0.25, 0.3) is 0 Å². The molecule has 3 aromatic heterocycles. The Hall–Kier alpha value is -2.99. The van der Waals surface area contributed by atoms with Gasteiger partial charge in [-0.2, -0.15) is 5.10 Å². The summed E-state index contributed by atoms with van der Waals surface area (Å²) < 4.78 is 2.06. The Morgan fingerprint density at radius 3 is 2.79 bits per heavy atom. The lowest BCUT2D eigenvalue weighted by Gasteiger charge is -2.30. The van der Waals surface area contributed by atoms with E-state index in [1.807, 2.05) is 37.5 Å². The Morgan fingerprint density at radius 1 is 1.14 bits per heavy atom. The van der Waals surface area contributed by atoms with E-state index < -0.39 is 5.60 Å². The van der Waals surface area contributed by atoms with Crippen molar-refractivity contribution in [2.45, 2.75) is 38.2 Å². The van der Waals surface area contributed by atoms with Crippen molar-refractivity contribution in [3.05, 3.63) is 60.7 Å². The molecule has 0 spiro atoms. The van der Waals surface area contributed by atoms with Gasteiger partial charge in [-0.25, -0.2) is 9.97 Å². The third-order valence-electron chi connectivity index (χ3n) is 6.07. The summed E-state index contributed by atoms with van der Waals surface area (Å²) in [5.74, 6) is 1.05. The highest BCUT2D eigenvalue weighted by molar-refractivity contribution is 5.79. The SMILES string of the molecule is CC(O)(c1cnc2c(ccn2-c2cccc(-c3ncn[nH]3)c2)c1)C1CCCC1. The molecule has 2 N–H and O–H groups in total. The third-order valence-corrected chi connectivity index (χ3v) is 6.07. The number of nitrogens with one attached hydrogen (secondary N) is 1. The molecule has 142 valence electrons. The second-order valence-electron chi connectivity index (χ2n) is 7.84. The molecule has 3 heterocycles. The highest BCUT2D eigenvalue weighted by atomic mass is 16.3. The second kappa shape index (κ2) is 6.56. The van der Waals surface area contributed by atoms with Crippen LogP contribution in [0.4, 0.5) is 0 Å².